The summed E-state index contributed by atoms with van der Waals surface area (Å²) in [7, 11) is 0. The van der Waals surface area contributed by atoms with Crippen molar-refractivity contribution < 1.29 is 9.90 Å². The van der Waals surface area contributed by atoms with Gasteiger partial charge in [-0.15, -0.1) is 0 Å². The van der Waals surface area contributed by atoms with Crippen LogP contribution in [0, 0.1) is 12.8 Å². The van der Waals surface area contributed by atoms with E-state index in [1.54, 1.807) is 10.7 Å². The van der Waals surface area contributed by atoms with Gasteiger partial charge in [0.25, 0.3) is 0 Å². The first-order valence-electron chi connectivity index (χ1n) is 9.86. The maximum absolute atomic E-state index is 13.2. The average Bonchev–Trinajstić information content (AvgIpc) is 3.23. The molecule has 0 unspecified atom stereocenters. The number of aliphatic hydroxyl groups is 1. The molecule has 8 nitrogen and oxygen atoms in total. The smallest absolute Gasteiger partial charge is 0.218 e. The number of ketones is 1. The monoisotopic (exact) mass is 470 g/mol. The summed E-state index contributed by atoms with van der Waals surface area (Å²) in [5, 5.41) is 17.8. The fourth-order valence-electron chi connectivity index (χ4n) is 3.76. The lowest BCUT2D eigenvalue weighted by Crippen LogP contribution is -2.20. The van der Waals surface area contributed by atoms with E-state index in [1.165, 1.54) is 12.5 Å². The summed E-state index contributed by atoms with van der Waals surface area (Å²) in [5.41, 5.74) is 2.41. The van der Waals surface area contributed by atoms with Gasteiger partial charge in [-0.1, -0.05) is 13.0 Å². The molecule has 0 radical (unpaired) electrons. The van der Waals surface area contributed by atoms with Crippen LogP contribution in [0.3, 0.4) is 0 Å². The van der Waals surface area contributed by atoms with Gasteiger partial charge < -0.3 is 10.4 Å². The molecule has 9 heteroatoms. The highest BCUT2D eigenvalue weighted by Crippen LogP contribution is 2.28. The molecule has 0 spiro atoms. The first kappa shape index (κ1) is 20.6. The van der Waals surface area contributed by atoms with Gasteiger partial charge in [-0.05, 0) is 59.8 Å². The summed E-state index contributed by atoms with van der Waals surface area (Å²) in [4.78, 5) is 25.9. The van der Waals surface area contributed by atoms with Gasteiger partial charge in [0.15, 0.2) is 0 Å². The normalized spacial score (nSPS) is 21.0. The first-order valence-corrected chi connectivity index (χ1v) is 10.6. The standard InChI is InChI=1S/C21H23BrN6O2/c1-12-6-15(8-18(12)29)26-21-16(9-23-11-24-21)20(30)17-7-13(2)28(27-17)10-14-4-3-5-19(22)25-14/h3-5,7,9,11-12,15,18,29H,6,8,10H2,1-2H3,(H,23,24,26)/t12-,15-,18+/m1/s1. The van der Waals surface area contributed by atoms with Gasteiger partial charge in [0.05, 0.1) is 23.9 Å². The van der Waals surface area contributed by atoms with Gasteiger partial charge in [0.1, 0.15) is 22.4 Å². The van der Waals surface area contributed by atoms with Crippen LogP contribution in [0.5, 0.6) is 0 Å². The molecule has 3 heterocycles. The van der Waals surface area contributed by atoms with Crippen molar-refractivity contribution >= 4 is 27.5 Å². The number of aromatic nitrogens is 5. The van der Waals surface area contributed by atoms with Crippen molar-refractivity contribution in [2.75, 3.05) is 5.32 Å². The predicted molar refractivity (Wildman–Crippen MR) is 115 cm³/mol. The Kier molecular flexibility index (Phi) is 5.92. The maximum atomic E-state index is 13.2. The van der Waals surface area contributed by atoms with Crippen LogP contribution in [0.15, 0.2) is 41.4 Å². The lowest BCUT2D eigenvalue weighted by Gasteiger charge is -2.14. The highest BCUT2D eigenvalue weighted by Gasteiger charge is 2.31. The van der Waals surface area contributed by atoms with E-state index in [1.807, 2.05) is 32.0 Å². The molecule has 3 atom stereocenters. The molecule has 1 saturated carbocycles. The molecule has 0 saturated heterocycles. The van der Waals surface area contributed by atoms with Gasteiger partial charge in [-0.25, -0.2) is 15.0 Å². The van der Waals surface area contributed by atoms with E-state index in [0.717, 1.165) is 22.4 Å². The molecule has 156 valence electrons. The summed E-state index contributed by atoms with van der Waals surface area (Å²) in [6.45, 7) is 4.39. The van der Waals surface area contributed by atoms with E-state index in [-0.39, 0.29) is 23.8 Å². The number of nitrogens with one attached hydrogen (secondary N) is 1. The summed E-state index contributed by atoms with van der Waals surface area (Å²) in [6.07, 6.45) is 4.04. The van der Waals surface area contributed by atoms with Crippen LogP contribution in [0.4, 0.5) is 5.82 Å². The van der Waals surface area contributed by atoms with Crippen molar-refractivity contribution in [1.29, 1.82) is 0 Å². The molecule has 4 rings (SSSR count). The topological polar surface area (TPSA) is 106 Å². The minimum atomic E-state index is -0.339. The lowest BCUT2D eigenvalue weighted by atomic mass is 10.1. The highest BCUT2D eigenvalue weighted by molar-refractivity contribution is 9.10. The Labute approximate surface area is 182 Å². The van der Waals surface area contributed by atoms with Crippen molar-refractivity contribution in [2.24, 2.45) is 5.92 Å². The van der Waals surface area contributed by atoms with Crippen molar-refractivity contribution in [3.8, 4) is 0 Å². The lowest BCUT2D eigenvalue weighted by molar-refractivity contribution is 0.103. The minimum absolute atomic E-state index is 0.0679. The van der Waals surface area contributed by atoms with E-state index < -0.39 is 0 Å². The molecule has 0 aromatic carbocycles. The van der Waals surface area contributed by atoms with Crippen LogP contribution >= 0.6 is 15.9 Å². The van der Waals surface area contributed by atoms with E-state index in [4.69, 9.17) is 0 Å². The number of carbonyl (C=O) groups excluding carboxylic acids is 1. The average molecular weight is 471 g/mol. The van der Waals surface area contributed by atoms with Gasteiger partial charge in [-0.3, -0.25) is 9.48 Å². The number of aliphatic hydroxyl groups excluding tert-OH is 1. The molecule has 2 N–H and O–H groups in total. The Morgan fingerprint density at radius 3 is 2.93 bits per heavy atom. The SMILES string of the molecule is Cc1cc(C(=O)c2cncnc2N[C@@H]2C[C@@H](C)[C@@H](O)C2)nn1Cc1cccc(Br)n1. The van der Waals surface area contributed by atoms with Gasteiger partial charge in [0, 0.05) is 17.9 Å². The molecule has 3 aromatic rings. The molecular formula is C21H23BrN6O2. The maximum Gasteiger partial charge on any atom is 0.218 e. The Morgan fingerprint density at radius 1 is 1.37 bits per heavy atom. The van der Waals surface area contributed by atoms with Crippen LogP contribution in [0.1, 0.15) is 47.2 Å². The second kappa shape index (κ2) is 8.61. The second-order valence-corrected chi connectivity index (χ2v) is 8.56. The fraction of sp³-hybridized carbons (Fsp3) is 0.381. The minimum Gasteiger partial charge on any atom is -0.393 e. The van der Waals surface area contributed by atoms with Crippen molar-refractivity contribution in [3.63, 3.8) is 0 Å². The molecule has 3 aromatic heterocycles. The van der Waals surface area contributed by atoms with Crippen molar-refractivity contribution in [3.05, 3.63) is 64.0 Å². The Morgan fingerprint density at radius 2 is 2.20 bits per heavy atom. The third-order valence-corrected chi connectivity index (χ3v) is 5.88. The Balaban J connectivity index is 1.55. The quantitative estimate of drug-likeness (QED) is 0.421. The summed E-state index contributed by atoms with van der Waals surface area (Å²) in [5.74, 6) is 0.448. The second-order valence-electron chi connectivity index (χ2n) is 7.75. The van der Waals surface area contributed by atoms with Crippen LogP contribution < -0.4 is 5.32 Å². The van der Waals surface area contributed by atoms with Crippen LogP contribution in [0.2, 0.25) is 0 Å². The molecular weight excluding hydrogens is 448 g/mol. The number of hydrogen-bond acceptors (Lipinski definition) is 7. The number of hydrogen-bond donors (Lipinski definition) is 2. The number of rotatable bonds is 6. The molecule has 1 aliphatic carbocycles. The van der Waals surface area contributed by atoms with E-state index in [2.05, 4.69) is 41.3 Å². The third kappa shape index (κ3) is 4.41. The number of nitrogens with zero attached hydrogens (tertiary/aromatic N) is 5. The zero-order valence-corrected chi connectivity index (χ0v) is 18.4. The predicted octanol–water partition coefficient (Wildman–Crippen LogP) is 2.99. The van der Waals surface area contributed by atoms with Crippen LogP contribution in [-0.2, 0) is 6.54 Å². The van der Waals surface area contributed by atoms with Gasteiger partial charge >= 0.3 is 0 Å². The molecule has 0 bridgehead atoms. The molecule has 1 fully saturated rings. The fourth-order valence-corrected chi connectivity index (χ4v) is 4.14. The third-order valence-electron chi connectivity index (χ3n) is 5.44. The van der Waals surface area contributed by atoms with E-state index >= 15 is 0 Å². The van der Waals surface area contributed by atoms with Gasteiger partial charge in [0.2, 0.25) is 5.78 Å². The summed E-state index contributed by atoms with van der Waals surface area (Å²) >= 11 is 3.37. The summed E-state index contributed by atoms with van der Waals surface area (Å²) in [6, 6.07) is 7.52. The largest absolute Gasteiger partial charge is 0.393 e. The van der Waals surface area contributed by atoms with Crippen LogP contribution in [0.25, 0.3) is 0 Å². The van der Waals surface area contributed by atoms with Crippen molar-refractivity contribution in [1.82, 2.24) is 24.7 Å². The Hall–Kier alpha value is -2.65. The highest BCUT2D eigenvalue weighted by atomic mass is 79.9. The molecule has 1 aliphatic rings. The van der Waals surface area contributed by atoms with E-state index in [0.29, 0.717) is 30.0 Å². The molecule has 0 aliphatic heterocycles. The van der Waals surface area contributed by atoms with Gasteiger partial charge in [-0.2, -0.15) is 5.10 Å². The Bertz CT molecular complexity index is 1060. The first-order chi connectivity index (χ1) is 14.4. The van der Waals surface area contributed by atoms with Crippen LogP contribution in [-0.4, -0.2) is 47.8 Å². The summed E-state index contributed by atoms with van der Waals surface area (Å²) < 4.78 is 2.51. The molecule has 30 heavy (non-hydrogen) atoms. The molecule has 0 amide bonds. The number of halogens is 1. The zero-order chi connectivity index (χ0) is 21.3. The number of carbonyl (C=O) groups is 1. The number of aryl methyl sites for hydroxylation is 1. The zero-order valence-electron chi connectivity index (χ0n) is 16.8. The number of pyridine rings is 1. The van der Waals surface area contributed by atoms with Crippen molar-refractivity contribution in [2.45, 2.75) is 45.4 Å². The number of anilines is 1. The van der Waals surface area contributed by atoms with E-state index in [9.17, 15) is 9.90 Å².